The Morgan fingerprint density at radius 2 is 2.11 bits per heavy atom. The molecule has 0 spiro atoms. The van der Waals surface area contributed by atoms with E-state index in [4.69, 9.17) is 9.47 Å². The summed E-state index contributed by atoms with van der Waals surface area (Å²) >= 11 is 0. The topological polar surface area (TPSA) is 50.7 Å². The van der Waals surface area contributed by atoms with Crippen LogP contribution in [0.15, 0.2) is 30.3 Å². The summed E-state index contributed by atoms with van der Waals surface area (Å²) < 4.78 is 10.8. The number of anilines is 1. The van der Waals surface area contributed by atoms with E-state index < -0.39 is 6.10 Å². The molecule has 4 nitrogen and oxygen atoms in total. The molecule has 0 fully saturated rings. The average molecular weight is 263 g/mol. The van der Waals surface area contributed by atoms with E-state index in [0.29, 0.717) is 13.2 Å². The zero-order valence-electron chi connectivity index (χ0n) is 11.4. The second kappa shape index (κ2) is 6.59. The molecule has 1 unspecified atom stereocenters. The van der Waals surface area contributed by atoms with Crippen molar-refractivity contribution in [3.8, 4) is 0 Å². The predicted octanol–water partition coefficient (Wildman–Crippen LogP) is 2.26. The monoisotopic (exact) mass is 263 g/mol. The van der Waals surface area contributed by atoms with Crippen molar-refractivity contribution >= 4 is 11.4 Å². The van der Waals surface area contributed by atoms with E-state index in [1.807, 2.05) is 30.3 Å². The summed E-state index contributed by atoms with van der Waals surface area (Å²) in [6, 6.07) is 7.85. The summed E-state index contributed by atoms with van der Waals surface area (Å²) in [5.74, 6) is 0.830. The lowest BCUT2D eigenvalue weighted by molar-refractivity contribution is 0.161. The molecule has 1 aliphatic rings. The minimum absolute atomic E-state index is 0.118. The van der Waals surface area contributed by atoms with E-state index in [9.17, 15) is 5.11 Å². The molecule has 19 heavy (non-hydrogen) atoms. The van der Waals surface area contributed by atoms with Crippen LogP contribution in [0.5, 0.6) is 0 Å². The number of aliphatic hydroxyl groups excluding tert-OH is 1. The summed E-state index contributed by atoms with van der Waals surface area (Å²) in [6.45, 7) is 3.07. The van der Waals surface area contributed by atoms with E-state index in [2.05, 4.69) is 5.32 Å². The molecule has 2 rings (SSSR count). The third-order valence-electron chi connectivity index (χ3n) is 3.12. The molecule has 0 aliphatic carbocycles. The van der Waals surface area contributed by atoms with E-state index >= 15 is 0 Å². The molecule has 4 heteroatoms. The summed E-state index contributed by atoms with van der Waals surface area (Å²) in [7, 11) is 1.68. The largest absolute Gasteiger partial charge is 0.493 e. The lowest BCUT2D eigenvalue weighted by Gasteiger charge is -2.28. The van der Waals surface area contributed by atoms with Gasteiger partial charge in [0.05, 0.1) is 18.8 Å². The van der Waals surface area contributed by atoms with Crippen LogP contribution in [-0.4, -0.2) is 37.6 Å². The maximum absolute atomic E-state index is 9.75. The molecule has 104 valence electrons. The fraction of sp³-hybridized carbons (Fsp3) is 0.467. The molecule has 0 saturated carbocycles. The van der Waals surface area contributed by atoms with Crippen molar-refractivity contribution < 1.29 is 14.6 Å². The summed E-state index contributed by atoms with van der Waals surface area (Å²) in [4.78, 5) is 0. The first-order valence-electron chi connectivity index (χ1n) is 6.60. The Labute approximate surface area is 114 Å². The van der Waals surface area contributed by atoms with Gasteiger partial charge in [0.15, 0.2) is 0 Å². The summed E-state index contributed by atoms with van der Waals surface area (Å²) in [5.41, 5.74) is 2.04. The first-order chi connectivity index (χ1) is 9.22. The SMILES string of the molecule is COCCCOC1=CC([C@H](C)O)Nc2ccccc21. The van der Waals surface area contributed by atoms with Crippen molar-refractivity contribution in [1.29, 1.82) is 0 Å². The molecule has 1 aromatic rings. The van der Waals surface area contributed by atoms with Gasteiger partial charge in [0.1, 0.15) is 5.76 Å². The van der Waals surface area contributed by atoms with Crippen molar-refractivity contribution in [1.82, 2.24) is 0 Å². The van der Waals surface area contributed by atoms with Crippen LogP contribution in [0.2, 0.25) is 0 Å². The van der Waals surface area contributed by atoms with Crippen molar-refractivity contribution in [3.05, 3.63) is 35.9 Å². The van der Waals surface area contributed by atoms with Crippen LogP contribution >= 0.6 is 0 Å². The van der Waals surface area contributed by atoms with Gasteiger partial charge in [0.25, 0.3) is 0 Å². The van der Waals surface area contributed by atoms with E-state index in [0.717, 1.165) is 23.4 Å². The molecular weight excluding hydrogens is 242 g/mol. The van der Waals surface area contributed by atoms with Gasteiger partial charge in [-0.05, 0) is 25.1 Å². The minimum Gasteiger partial charge on any atom is -0.493 e. The highest BCUT2D eigenvalue weighted by Gasteiger charge is 2.22. The second-order valence-corrected chi connectivity index (χ2v) is 4.68. The van der Waals surface area contributed by atoms with Crippen LogP contribution < -0.4 is 5.32 Å². The third-order valence-corrected chi connectivity index (χ3v) is 3.12. The molecule has 0 aromatic heterocycles. The smallest absolute Gasteiger partial charge is 0.126 e. The number of fused-ring (bicyclic) bond motifs is 1. The van der Waals surface area contributed by atoms with Gasteiger partial charge in [-0.1, -0.05) is 12.1 Å². The fourth-order valence-electron chi connectivity index (χ4n) is 2.07. The van der Waals surface area contributed by atoms with Gasteiger partial charge in [0.2, 0.25) is 0 Å². The first-order valence-corrected chi connectivity index (χ1v) is 6.60. The van der Waals surface area contributed by atoms with Crippen molar-refractivity contribution in [2.45, 2.75) is 25.5 Å². The molecule has 0 bridgehead atoms. The highest BCUT2D eigenvalue weighted by molar-refractivity contribution is 5.76. The standard InChI is InChI=1S/C15H21NO3/c1-11(17)14-10-15(19-9-5-8-18-2)12-6-3-4-7-13(12)16-14/h3-4,6-7,10-11,14,16-17H,5,8-9H2,1-2H3/t11-,14?/m0/s1. The van der Waals surface area contributed by atoms with Crippen molar-refractivity contribution in [2.75, 3.05) is 25.6 Å². The Balaban J connectivity index is 2.12. The third kappa shape index (κ3) is 3.49. The number of para-hydroxylation sites is 1. The Morgan fingerprint density at radius 1 is 1.32 bits per heavy atom. The summed E-state index contributed by atoms with van der Waals surface area (Å²) in [6.07, 6.45) is 2.33. The van der Waals surface area contributed by atoms with E-state index in [-0.39, 0.29) is 6.04 Å². The van der Waals surface area contributed by atoms with Gasteiger partial charge >= 0.3 is 0 Å². The highest BCUT2D eigenvalue weighted by atomic mass is 16.5. The first kappa shape index (κ1) is 13.9. The molecule has 1 heterocycles. The van der Waals surface area contributed by atoms with Crippen molar-refractivity contribution in [2.24, 2.45) is 0 Å². The maximum atomic E-state index is 9.75. The number of nitrogens with one attached hydrogen (secondary N) is 1. The number of methoxy groups -OCH3 is 1. The average Bonchev–Trinajstić information content (AvgIpc) is 2.43. The molecule has 1 aromatic carbocycles. The second-order valence-electron chi connectivity index (χ2n) is 4.68. The number of hydrogen-bond donors (Lipinski definition) is 2. The maximum Gasteiger partial charge on any atom is 0.126 e. The highest BCUT2D eigenvalue weighted by Crippen LogP contribution is 2.30. The molecule has 0 saturated heterocycles. The van der Waals surface area contributed by atoms with Crippen LogP contribution in [0, 0.1) is 0 Å². The van der Waals surface area contributed by atoms with Crippen LogP contribution in [0.3, 0.4) is 0 Å². The zero-order chi connectivity index (χ0) is 13.7. The van der Waals surface area contributed by atoms with Gasteiger partial charge in [-0.25, -0.2) is 0 Å². The fourth-order valence-corrected chi connectivity index (χ4v) is 2.07. The van der Waals surface area contributed by atoms with E-state index in [1.165, 1.54) is 0 Å². The van der Waals surface area contributed by atoms with E-state index in [1.54, 1.807) is 14.0 Å². The molecule has 2 N–H and O–H groups in total. The number of ether oxygens (including phenoxy) is 2. The van der Waals surface area contributed by atoms with Crippen LogP contribution in [0.1, 0.15) is 18.9 Å². The summed E-state index contributed by atoms with van der Waals surface area (Å²) in [5, 5.41) is 13.0. The Morgan fingerprint density at radius 3 is 2.84 bits per heavy atom. The molecule has 1 aliphatic heterocycles. The molecule has 2 atom stereocenters. The molecule has 0 amide bonds. The molecule has 0 radical (unpaired) electrons. The van der Waals surface area contributed by atoms with Crippen LogP contribution in [0.25, 0.3) is 5.76 Å². The van der Waals surface area contributed by atoms with Gasteiger partial charge in [0, 0.05) is 31.4 Å². The number of rotatable bonds is 6. The minimum atomic E-state index is -0.467. The zero-order valence-corrected chi connectivity index (χ0v) is 11.4. The Kier molecular flexibility index (Phi) is 4.82. The molecular formula is C15H21NO3. The van der Waals surface area contributed by atoms with Gasteiger partial charge in [-0.3, -0.25) is 0 Å². The quantitative estimate of drug-likeness (QED) is 0.773. The number of hydrogen-bond acceptors (Lipinski definition) is 4. The van der Waals surface area contributed by atoms with Crippen molar-refractivity contribution in [3.63, 3.8) is 0 Å². The van der Waals surface area contributed by atoms with Gasteiger partial charge < -0.3 is 19.9 Å². The Bertz CT molecular complexity index is 443. The Hall–Kier alpha value is -1.52. The van der Waals surface area contributed by atoms with Crippen LogP contribution in [-0.2, 0) is 9.47 Å². The number of benzene rings is 1. The number of aliphatic hydroxyl groups is 1. The normalized spacial score (nSPS) is 19.1. The van der Waals surface area contributed by atoms with Gasteiger partial charge in [-0.2, -0.15) is 0 Å². The predicted molar refractivity (Wildman–Crippen MR) is 76.0 cm³/mol. The lowest BCUT2D eigenvalue weighted by Crippen LogP contribution is -2.32. The van der Waals surface area contributed by atoms with Crippen LogP contribution in [0.4, 0.5) is 5.69 Å². The lowest BCUT2D eigenvalue weighted by atomic mass is 10.0. The van der Waals surface area contributed by atoms with Gasteiger partial charge in [-0.15, -0.1) is 0 Å².